The van der Waals surface area contributed by atoms with Crippen molar-refractivity contribution in [3.63, 3.8) is 0 Å². The minimum atomic E-state index is 0.495. The van der Waals surface area contributed by atoms with Gasteiger partial charge in [-0.2, -0.15) is 0 Å². The van der Waals surface area contributed by atoms with E-state index in [9.17, 15) is 0 Å². The second-order valence-corrected chi connectivity index (χ2v) is 7.02. The molecule has 1 aromatic carbocycles. The summed E-state index contributed by atoms with van der Waals surface area (Å²) in [6.07, 6.45) is 6.81. The zero-order chi connectivity index (χ0) is 15.4. The summed E-state index contributed by atoms with van der Waals surface area (Å²) in [7, 11) is 0. The Kier molecular flexibility index (Phi) is 4.95. The third-order valence-electron chi connectivity index (χ3n) is 3.76. The number of benzene rings is 1. The van der Waals surface area contributed by atoms with Gasteiger partial charge in [-0.05, 0) is 25.0 Å². The Hall–Kier alpha value is -1.59. The molecular weight excluding hydrogens is 316 g/mol. The maximum absolute atomic E-state index is 5.94. The van der Waals surface area contributed by atoms with E-state index in [2.05, 4.69) is 15.3 Å². The number of halogens is 1. The van der Waals surface area contributed by atoms with Crippen LogP contribution in [0.3, 0.4) is 0 Å². The van der Waals surface area contributed by atoms with E-state index >= 15 is 0 Å². The molecule has 0 amide bonds. The first-order valence-corrected chi connectivity index (χ1v) is 8.67. The summed E-state index contributed by atoms with van der Waals surface area (Å²) >= 11 is 7.54. The van der Waals surface area contributed by atoms with Crippen molar-refractivity contribution in [1.82, 2.24) is 10.3 Å². The van der Waals surface area contributed by atoms with Crippen LogP contribution in [0.1, 0.15) is 30.6 Å². The average Bonchev–Trinajstić information content (AvgIpc) is 3.17. The Labute approximate surface area is 139 Å². The molecule has 0 bridgehead atoms. The smallest absolute Gasteiger partial charge is 0.189 e. The molecule has 1 saturated carbocycles. The molecule has 6 heteroatoms. The van der Waals surface area contributed by atoms with Crippen LogP contribution in [0.25, 0.3) is 10.6 Å². The predicted octanol–water partition coefficient (Wildman–Crippen LogP) is 3.81. The topological polar surface area (TPSA) is 63.3 Å². The maximum Gasteiger partial charge on any atom is 0.189 e. The zero-order valence-electron chi connectivity index (χ0n) is 12.3. The van der Waals surface area contributed by atoms with E-state index < -0.39 is 0 Å². The number of guanidine groups is 1. The van der Waals surface area contributed by atoms with E-state index in [1.54, 1.807) is 11.3 Å². The molecule has 1 aromatic heterocycles. The third-order valence-corrected chi connectivity index (χ3v) is 5.04. The molecule has 22 heavy (non-hydrogen) atoms. The molecular formula is C16H19ClN4S. The van der Waals surface area contributed by atoms with Gasteiger partial charge in [0, 0.05) is 27.7 Å². The summed E-state index contributed by atoms with van der Waals surface area (Å²) in [6, 6.07) is 8.20. The van der Waals surface area contributed by atoms with Crippen LogP contribution in [0.5, 0.6) is 0 Å². The number of hydrogen-bond acceptors (Lipinski definition) is 3. The number of aliphatic imine (C=N–C) groups is 1. The van der Waals surface area contributed by atoms with Crippen molar-refractivity contribution in [3.05, 3.63) is 40.4 Å². The highest BCUT2D eigenvalue weighted by molar-refractivity contribution is 7.15. The summed E-state index contributed by atoms with van der Waals surface area (Å²) in [5.41, 5.74) is 7.02. The minimum Gasteiger partial charge on any atom is -0.370 e. The van der Waals surface area contributed by atoms with Gasteiger partial charge in [0.2, 0.25) is 0 Å². The fourth-order valence-corrected chi connectivity index (χ4v) is 3.56. The van der Waals surface area contributed by atoms with Crippen LogP contribution in [0, 0.1) is 0 Å². The summed E-state index contributed by atoms with van der Waals surface area (Å²) < 4.78 is 0. The van der Waals surface area contributed by atoms with E-state index in [0.717, 1.165) is 20.5 Å². The lowest BCUT2D eigenvalue weighted by Crippen LogP contribution is -2.38. The van der Waals surface area contributed by atoms with Gasteiger partial charge in [-0.25, -0.2) is 9.98 Å². The number of nitrogens with two attached hydrogens (primary N) is 1. The first kappa shape index (κ1) is 15.3. The van der Waals surface area contributed by atoms with Gasteiger partial charge in [0.05, 0.1) is 6.54 Å². The highest BCUT2D eigenvalue weighted by Gasteiger charge is 2.14. The van der Waals surface area contributed by atoms with E-state index in [4.69, 9.17) is 17.3 Å². The van der Waals surface area contributed by atoms with Crippen molar-refractivity contribution in [1.29, 1.82) is 0 Å². The van der Waals surface area contributed by atoms with Crippen molar-refractivity contribution >= 4 is 28.9 Å². The molecule has 3 rings (SSSR count). The number of nitrogens with zero attached hydrogens (tertiary/aromatic N) is 2. The molecule has 0 atom stereocenters. The van der Waals surface area contributed by atoms with Crippen molar-refractivity contribution in [2.24, 2.45) is 10.7 Å². The van der Waals surface area contributed by atoms with E-state index in [1.165, 1.54) is 25.7 Å². The molecule has 116 valence electrons. The van der Waals surface area contributed by atoms with Crippen molar-refractivity contribution in [2.75, 3.05) is 0 Å². The quantitative estimate of drug-likeness (QED) is 0.660. The summed E-state index contributed by atoms with van der Waals surface area (Å²) in [6.45, 7) is 0.566. The maximum atomic E-state index is 5.94. The standard InChI is InChI=1S/C16H19ClN4S/c17-12-7-5-11(6-8-12)15-19-9-14(22-15)10-20-16(18)21-13-3-1-2-4-13/h5-9,13H,1-4,10H2,(H3,18,20,21). The molecule has 4 nitrogen and oxygen atoms in total. The third kappa shape index (κ3) is 3.99. The number of thiazole rings is 1. The van der Waals surface area contributed by atoms with Gasteiger partial charge in [0.15, 0.2) is 5.96 Å². The van der Waals surface area contributed by atoms with Crippen LogP contribution < -0.4 is 11.1 Å². The van der Waals surface area contributed by atoms with Crippen LogP contribution in [-0.2, 0) is 6.54 Å². The Balaban J connectivity index is 1.60. The molecule has 1 aliphatic rings. The molecule has 0 unspecified atom stereocenters. The first-order valence-electron chi connectivity index (χ1n) is 7.48. The Bertz CT molecular complexity index is 644. The fourth-order valence-electron chi connectivity index (χ4n) is 2.59. The molecule has 0 aliphatic heterocycles. The second kappa shape index (κ2) is 7.11. The molecule has 1 aliphatic carbocycles. The first-order chi connectivity index (χ1) is 10.7. The average molecular weight is 335 g/mol. The number of nitrogens with one attached hydrogen (secondary N) is 1. The monoisotopic (exact) mass is 334 g/mol. The molecule has 1 fully saturated rings. The Morgan fingerprint density at radius 2 is 2.05 bits per heavy atom. The molecule has 1 heterocycles. The molecule has 0 saturated heterocycles. The highest BCUT2D eigenvalue weighted by atomic mass is 35.5. The van der Waals surface area contributed by atoms with Gasteiger partial charge in [-0.3, -0.25) is 0 Å². The van der Waals surface area contributed by atoms with Crippen molar-refractivity contribution < 1.29 is 0 Å². The molecule has 3 N–H and O–H groups in total. The van der Waals surface area contributed by atoms with Gasteiger partial charge in [-0.15, -0.1) is 11.3 Å². The molecule has 2 aromatic rings. The van der Waals surface area contributed by atoms with Crippen LogP contribution in [0.2, 0.25) is 5.02 Å². The second-order valence-electron chi connectivity index (χ2n) is 5.47. The van der Waals surface area contributed by atoms with E-state index in [1.807, 2.05) is 30.5 Å². The highest BCUT2D eigenvalue weighted by Crippen LogP contribution is 2.26. The normalized spacial score (nSPS) is 16.1. The van der Waals surface area contributed by atoms with Crippen LogP contribution in [-0.4, -0.2) is 17.0 Å². The fraction of sp³-hybridized carbons (Fsp3) is 0.375. The summed E-state index contributed by atoms with van der Waals surface area (Å²) in [5.74, 6) is 0.536. The SMILES string of the molecule is NC(=NCc1cnc(-c2ccc(Cl)cc2)s1)NC1CCCC1. The van der Waals surface area contributed by atoms with Crippen molar-refractivity contribution in [3.8, 4) is 10.6 Å². The number of rotatable bonds is 4. The molecule has 0 radical (unpaired) electrons. The van der Waals surface area contributed by atoms with Gasteiger partial charge in [0.25, 0.3) is 0 Å². The lowest BCUT2D eigenvalue weighted by Gasteiger charge is -2.11. The van der Waals surface area contributed by atoms with E-state index in [0.29, 0.717) is 18.5 Å². The lowest BCUT2D eigenvalue weighted by atomic mass is 10.2. The minimum absolute atomic E-state index is 0.495. The summed E-state index contributed by atoms with van der Waals surface area (Å²) in [5, 5.41) is 5.00. The number of aromatic nitrogens is 1. The van der Waals surface area contributed by atoms with Crippen molar-refractivity contribution in [2.45, 2.75) is 38.3 Å². The van der Waals surface area contributed by atoms with Gasteiger partial charge in [-0.1, -0.05) is 36.6 Å². The molecule has 0 spiro atoms. The van der Waals surface area contributed by atoms with E-state index in [-0.39, 0.29) is 0 Å². The van der Waals surface area contributed by atoms with Gasteiger partial charge < -0.3 is 11.1 Å². The zero-order valence-corrected chi connectivity index (χ0v) is 13.8. The predicted molar refractivity (Wildman–Crippen MR) is 93.3 cm³/mol. The van der Waals surface area contributed by atoms with Gasteiger partial charge >= 0.3 is 0 Å². The van der Waals surface area contributed by atoms with Gasteiger partial charge in [0.1, 0.15) is 5.01 Å². The van der Waals surface area contributed by atoms with Crippen LogP contribution in [0.4, 0.5) is 0 Å². The largest absolute Gasteiger partial charge is 0.370 e. The summed E-state index contributed by atoms with van der Waals surface area (Å²) in [4.78, 5) is 9.95. The van der Waals surface area contributed by atoms with Crippen LogP contribution >= 0.6 is 22.9 Å². The lowest BCUT2D eigenvalue weighted by molar-refractivity contribution is 0.625. The van der Waals surface area contributed by atoms with Crippen LogP contribution in [0.15, 0.2) is 35.5 Å². The Morgan fingerprint density at radius 3 is 2.77 bits per heavy atom. The Morgan fingerprint density at radius 1 is 1.32 bits per heavy atom. The number of hydrogen-bond donors (Lipinski definition) is 2.